The largest absolute Gasteiger partial charge is 0.481 e. The van der Waals surface area contributed by atoms with Crippen LogP contribution >= 0.6 is 0 Å². The number of rotatable bonds is 5. The molecule has 0 aromatic heterocycles. The average Bonchev–Trinajstić information content (AvgIpc) is 2.35. The summed E-state index contributed by atoms with van der Waals surface area (Å²) >= 11 is 0. The predicted octanol–water partition coefficient (Wildman–Crippen LogP) is 0.422. The second-order valence-electron chi connectivity index (χ2n) is 6.86. The first-order valence-corrected chi connectivity index (χ1v) is 7.76. The molecule has 0 spiro atoms. The van der Waals surface area contributed by atoms with Crippen LogP contribution in [0, 0.1) is 5.92 Å². The Labute approximate surface area is 136 Å². The van der Waals surface area contributed by atoms with E-state index in [-0.39, 0.29) is 11.9 Å². The minimum Gasteiger partial charge on any atom is -0.481 e. The monoisotopic (exact) mass is 329 g/mol. The molecule has 1 aliphatic heterocycles. The quantitative estimate of drug-likeness (QED) is 0.675. The van der Waals surface area contributed by atoms with Gasteiger partial charge in [-0.3, -0.25) is 14.5 Å². The van der Waals surface area contributed by atoms with Crippen LogP contribution in [0.15, 0.2) is 0 Å². The maximum atomic E-state index is 11.9. The van der Waals surface area contributed by atoms with Crippen molar-refractivity contribution in [1.29, 1.82) is 0 Å². The Kier molecular flexibility index (Phi) is 6.80. The second kappa shape index (κ2) is 8.14. The fourth-order valence-corrected chi connectivity index (χ4v) is 2.52. The third-order valence-corrected chi connectivity index (χ3v) is 3.40. The minimum absolute atomic E-state index is 0.125. The molecule has 0 bridgehead atoms. The number of carbonyl (C=O) groups is 3. The normalized spacial score (nSPS) is 22.3. The standard InChI is InChI=1S/C15H27N3O5/c1-10(19)16-5-6-18-8-11(13(20)21)7-12(9-18)17-14(22)23-15(2,3)4/h11-12H,5-9H2,1-4H3,(H,16,19)(H,17,22)(H,20,21). The highest BCUT2D eigenvalue weighted by molar-refractivity contribution is 5.73. The smallest absolute Gasteiger partial charge is 0.407 e. The van der Waals surface area contributed by atoms with Gasteiger partial charge >= 0.3 is 12.1 Å². The average molecular weight is 329 g/mol. The molecule has 3 N–H and O–H groups in total. The fourth-order valence-electron chi connectivity index (χ4n) is 2.52. The molecule has 1 aliphatic rings. The number of likely N-dealkylation sites (tertiary alicyclic amines) is 1. The Morgan fingerprint density at radius 3 is 2.43 bits per heavy atom. The molecule has 2 atom stereocenters. The van der Waals surface area contributed by atoms with Crippen LogP contribution in [0.25, 0.3) is 0 Å². The number of nitrogens with zero attached hydrogens (tertiary/aromatic N) is 1. The van der Waals surface area contributed by atoms with Crippen LogP contribution in [0.5, 0.6) is 0 Å². The summed E-state index contributed by atoms with van der Waals surface area (Å²) in [5.74, 6) is -1.56. The van der Waals surface area contributed by atoms with Crippen molar-refractivity contribution in [2.24, 2.45) is 5.92 Å². The summed E-state index contributed by atoms with van der Waals surface area (Å²) in [4.78, 5) is 36.0. The molecule has 1 heterocycles. The van der Waals surface area contributed by atoms with Gasteiger partial charge in [0.25, 0.3) is 0 Å². The number of alkyl carbamates (subject to hydrolysis) is 1. The van der Waals surface area contributed by atoms with Gasteiger partial charge in [0.2, 0.25) is 5.91 Å². The van der Waals surface area contributed by atoms with Crippen molar-refractivity contribution in [3.05, 3.63) is 0 Å². The lowest BCUT2D eigenvalue weighted by atomic mass is 9.94. The van der Waals surface area contributed by atoms with Gasteiger partial charge in [0.05, 0.1) is 5.92 Å². The number of amides is 2. The first-order chi connectivity index (χ1) is 10.6. The zero-order valence-corrected chi connectivity index (χ0v) is 14.2. The number of carboxylic acid groups (broad SMARTS) is 1. The van der Waals surface area contributed by atoms with E-state index in [9.17, 15) is 19.5 Å². The van der Waals surface area contributed by atoms with Gasteiger partial charge in [-0.1, -0.05) is 0 Å². The van der Waals surface area contributed by atoms with Crippen LogP contribution in [-0.2, 0) is 14.3 Å². The lowest BCUT2D eigenvalue weighted by Crippen LogP contribution is -2.54. The van der Waals surface area contributed by atoms with E-state index in [1.54, 1.807) is 20.8 Å². The summed E-state index contributed by atoms with van der Waals surface area (Å²) in [6.07, 6.45) is -0.180. The number of aliphatic carboxylic acids is 1. The van der Waals surface area contributed by atoms with E-state index in [2.05, 4.69) is 10.6 Å². The van der Waals surface area contributed by atoms with E-state index < -0.39 is 23.6 Å². The summed E-state index contributed by atoms with van der Waals surface area (Å²) < 4.78 is 5.21. The third-order valence-electron chi connectivity index (χ3n) is 3.40. The van der Waals surface area contributed by atoms with Crippen LogP contribution in [0.2, 0.25) is 0 Å². The molecule has 8 nitrogen and oxygen atoms in total. The fraction of sp³-hybridized carbons (Fsp3) is 0.800. The SMILES string of the molecule is CC(=O)NCCN1CC(NC(=O)OC(C)(C)C)CC(C(=O)O)C1. The summed E-state index contributed by atoms with van der Waals surface area (Å²) in [6, 6.07) is -0.294. The van der Waals surface area contributed by atoms with E-state index in [1.165, 1.54) is 6.92 Å². The molecular formula is C15H27N3O5. The maximum Gasteiger partial charge on any atom is 0.407 e. The molecule has 132 valence electrons. The number of hydrogen-bond acceptors (Lipinski definition) is 5. The molecule has 2 unspecified atom stereocenters. The maximum absolute atomic E-state index is 11.9. The van der Waals surface area contributed by atoms with Crippen molar-refractivity contribution < 1.29 is 24.2 Å². The van der Waals surface area contributed by atoms with Gasteiger partial charge in [-0.15, -0.1) is 0 Å². The Morgan fingerprint density at radius 2 is 1.91 bits per heavy atom. The van der Waals surface area contributed by atoms with Gasteiger partial charge in [0, 0.05) is 39.1 Å². The molecule has 2 amide bonds. The highest BCUT2D eigenvalue weighted by atomic mass is 16.6. The Balaban J connectivity index is 2.58. The number of carboxylic acids is 1. The van der Waals surface area contributed by atoms with Crippen molar-refractivity contribution in [1.82, 2.24) is 15.5 Å². The number of hydrogen-bond donors (Lipinski definition) is 3. The predicted molar refractivity (Wildman–Crippen MR) is 84.0 cm³/mol. The highest BCUT2D eigenvalue weighted by Crippen LogP contribution is 2.18. The lowest BCUT2D eigenvalue weighted by molar-refractivity contribution is -0.144. The summed E-state index contributed by atoms with van der Waals surface area (Å²) in [7, 11) is 0. The molecule has 0 aliphatic carbocycles. The summed E-state index contributed by atoms with van der Waals surface area (Å²) in [6.45, 7) is 8.66. The Morgan fingerprint density at radius 1 is 1.26 bits per heavy atom. The molecule has 0 radical (unpaired) electrons. The number of piperidine rings is 1. The summed E-state index contributed by atoms with van der Waals surface area (Å²) in [5, 5.41) is 14.7. The Hall–Kier alpha value is -1.83. The van der Waals surface area contributed by atoms with Gasteiger partial charge < -0.3 is 20.5 Å². The Bertz CT molecular complexity index is 447. The van der Waals surface area contributed by atoms with Crippen LogP contribution in [-0.4, -0.2) is 65.8 Å². The highest BCUT2D eigenvalue weighted by Gasteiger charge is 2.32. The molecular weight excluding hydrogens is 302 g/mol. The minimum atomic E-state index is -0.884. The van der Waals surface area contributed by atoms with Gasteiger partial charge in [-0.05, 0) is 27.2 Å². The van der Waals surface area contributed by atoms with Crippen molar-refractivity contribution in [3.8, 4) is 0 Å². The van der Waals surface area contributed by atoms with Crippen molar-refractivity contribution in [2.75, 3.05) is 26.2 Å². The van der Waals surface area contributed by atoms with E-state index in [4.69, 9.17) is 4.74 Å². The zero-order chi connectivity index (χ0) is 17.6. The first kappa shape index (κ1) is 19.2. The molecule has 1 rings (SSSR count). The van der Waals surface area contributed by atoms with Crippen LogP contribution < -0.4 is 10.6 Å². The number of carbonyl (C=O) groups excluding carboxylic acids is 2. The molecule has 0 aromatic carbocycles. The molecule has 1 fully saturated rings. The van der Waals surface area contributed by atoms with Crippen LogP contribution in [0.1, 0.15) is 34.1 Å². The van der Waals surface area contributed by atoms with E-state index in [1.807, 2.05) is 4.90 Å². The topological polar surface area (TPSA) is 108 Å². The van der Waals surface area contributed by atoms with E-state index in [0.717, 1.165) is 0 Å². The number of ether oxygens (including phenoxy) is 1. The van der Waals surface area contributed by atoms with Gasteiger partial charge in [-0.2, -0.15) is 0 Å². The van der Waals surface area contributed by atoms with Crippen molar-refractivity contribution in [3.63, 3.8) is 0 Å². The number of nitrogens with one attached hydrogen (secondary N) is 2. The summed E-state index contributed by atoms with van der Waals surface area (Å²) in [5.41, 5.74) is -0.601. The van der Waals surface area contributed by atoms with Crippen molar-refractivity contribution in [2.45, 2.75) is 45.8 Å². The molecule has 1 saturated heterocycles. The van der Waals surface area contributed by atoms with Gasteiger partial charge in [0.1, 0.15) is 5.60 Å². The second-order valence-corrected chi connectivity index (χ2v) is 6.86. The molecule has 23 heavy (non-hydrogen) atoms. The van der Waals surface area contributed by atoms with Crippen LogP contribution in [0.3, 0.4) is 0 Å². The molecule has 0 aromatic rings. The third kappa shape index (κ3) is 7.83. The van der Waals surface area contributed by atoms with Crippen molar-refractivity contribution >= 4 is 18.0 Å². The van der Waals surface area contributed by atoms with Crippen LogP contribution in [0.4, 0.5) is 4.79 Å². The lowest BCUT2D eigenvalue weighted by Gasteiger charge is -2.36. The van der Waals surface area contributed by atoms with Gasteiger partial charge in [0.15, 0.2) is 0 Å². The van der Waals surface area contributed by atoms with Gasteiger partial charge in [-0.25, -0.2) is 4.79 Å². The molecule has 0 saturated carbocycles. The first-order valence-electron chi connectivity index (χ1n) is 7.76. The molecule has 8 heteroatoms. The van der Waals surface area contributed by atoms with E-state index in [0.29, 0.717) is 32.6 Å². The zero-order valence-electron chi connectivity index (χ0n) is 14.2. The van der Waals surface area contributed by atoms with E-state index >= 15 is 0 Å².